The molecule has 2 aromatic carbocycles. The lowest BCUT2D eigenvalue weighted by Gasteiger charge is -2.13. The molecule has 0 amide bonds. The van der Waals surface area contributed by atoms with E-state index in [-0.39, 0.29) is 17.9 Å². The molecular formula is C15H14BrFN2O2. The van der Waals surface area contributed by atoms with Crippen LogP contribution in [0.25, 0.3) is 0 Å². The van der Waals surface area contributed by atoms with Gasteiger partial charge in [0.2, 0.25) is 0 Å². The van der Waals surface area contributed by atoms with Gasteiger partial charge in [-0.05, 0) is 43.3 Å². The summed E-state index contributed by atoms with van der Waals surface area (Å²) in [6, 6.07) is 9.35. The van der Waals surface area contributed by atoms with Gasteiger partial charge in [-0.3, -0.25) is 0 Å². The molecule has 0 heterocycles. The number of esters is 1. The van der Waals surface area contributed by atoms with Crippen LogP contribution >= 0.6 is 15.9 Å². The number of hydrogen-bond acceptors (Lipinski definition) is 4. The molecule has 2 rings (SSSR count). The number of ether oxygens (including phenoxy) is 1. The molecule has 6 heteroatoms. The minimum Gasteiger partial charge on any atom is -0.462 e. The van der Waals surface area contributed by atoms with Crippen molar-refractivity contribution in [3.8, 4) is 0 Å². The SMILES string of the molecule is CCOC(=O)c1cc(N)ccc1Nc1ccc(Br)cc1F. The van der Waals surface area contributed by atoms with Crippen molar-refractivity contribution in [1.82, 2.24) is 0 Å². The van der Waals surface area contributed by atoms with E-state index in [1.165, 1.54) is 12.1 Å². The number of carbonyl (C=O) groups is 1. The molecule has 4 nitrogen and oxygen atoms in total. The number of nitrogens with two attached hydrogens (primary N) is 1. The Morgan fingerprint density at radius 3 is 2.67 bits per heavy atom. The number of nitrogens with one attached hydrogen (secondary N) is 1. The second kappa shape index (κ2) is 6.58. The third-order valence-corrected chi connectivity index (χ3v) is 3.23. The molecule has 0 fully saturated rings. The second-order valence-corrected chi connectivity index (χ2v) is 5.19. The van der Waals surface area contributed by atoms with Crippen LogP contribution in [-0.2, 0) is 4.74 Å². The predicted molar refractivity (Wildman–Crippen MR) is 84.2 cm³/mol. The molecule has 0 aromatic heterocycles. The summed E-state index contributed by atoms with van der Waals surface area (Å²) in [5.41, 5.74) is 7.07. The van der Waals surface area contributed by atoms with Gasteiger partial charge in [0.15, 0.2) is 0 Å². The maximum atomic E-state index is 13.9. The molecule has 0 aliphatic heterocycles. The fraction of sp³-hybridized carbons (Fsp3) is 0.133. The van der Waals surface area contributed by atoms with Crippen molar-refractivity contribution >= 4 is 39.0 Å². The zero-order valence-electron chi connectivity index (χ0n) is 11.3. The molecule has 110 valence electrons. The monoisotopic (exact) mass is 352 g/mol. The van der Waals surface area contributed by atoms with Crippen molar-refractivity contribution in [2.45, 2.75) is 6.92 Å². The van der Waals surface area contributed by atoms with Crippen LogP contribution in [0.5, 0.6) is 0 Å². The molecule has 0 atom stereocenters. The van der Waals surface area contributed by atoms with Crippen LogP contribution in [0, 0.1) is 5.82 Å². The van der Waals surface area contributed by atoms with Gasteiger partial charge < -0.3 is 15.8 Å². The predicted octanol–water partition coefficient (Wildman–Crippen LogP) is 4.09. The van der Waals surface area contributed by atoms with Crippen LogP contribution in [0.15, 0.2) is 40.9 Å². The van der Waals surface area contributed by atoms with Crippen LogP contribution in [0.3, 0.4) is 0 Å². The average Bonchev–Trinajstić information content (AvgIpc) is 2.43. The van der Waals surface area contributed by atoms with Crippen molar-refractivity contribution in [3.05, 3.63) is 52.3 Å². The highest BCUT2D eigenvalue weighted by Crippen LogP contribution is 2.27. The summed E-state index contributed by atoms with van der Waals surface area (Å²) in [6.07, 6.45) is 0. The highest BCUT2D eigenvalue weighted by molar-refractivity contribution is 9.10. The smallest absolute Gasteiger partial charge is 0.340 e. The highest BCUT2D eigenvalue weighted by Gasteiger charge is 2.14. The fourth-order valence-corrected chi connectivity index (χ4v) is 2.12. The standard InChI is InChI=1S/C15H14BrFN2O2/c1-2-21-15(20)11-8-10(18)4-6-13(11)19-14-5-3-9(16)7-12(14)17/h3-8,19H,2,18H2,1H3. The molecule has 0 unspecified atom stereocenters. The topological polar surface area (TPSA) is 64.3 Å². The van der Waals surface area contributed by atoms with E-state index >= 15 is 0 Å². The van der Waals surface area contributed by atoms with Gasteiger partial charge in [0, 0.05) is 10.2 Å². The van der Waals surface area contributed by atoms with E-state index in [0.717, 1.165) is 0 Å². The summed E-state index contributed by atoms with van der Waals surface area (Å²) >= 11 is 3.19. The molecular weight excluding hydrogens is 339 g/mol. The Kier molecular flexibility index (Phi) is 4.80. The zero-order valence-corrected chi connectivity index (χ0v) is 12.9. The van der Waals surface area contributed by atoms with Crippen LogP contribution in [-0.4, -0.2) is 12.6 Å². The Bertz CT molecular complexity index is 677. The number of benzene rings is 2. The van der Waals surface area contributed by atoms with E-state index in [1.807, 2.05) is 0 Å². The number of rotatable bonds is 4. The maximum Gasteiger partial charge on any atom is 0.340 e. The Labute approximate surface area is 130 Å². The van der Waals surface area contributed by atoms with Crippen molar-refractivity contribution in [3.63, 3.8) is 0 Å². The van der Waals surface area contributed by atoms with Gasteiger partial charge in [0.1, 0.15) is 5.82 Å². The zero-order chi connectivity index (χ0) is 15.4. The van der Waals surface area contributed by atoms with Crippen molar-refractivity contribution in [2.24, 2.45) is 0 Å². The van der Waals surface area contributed by atoms with Crippen molar-refractivity contribution in [1.29, 1.82) is 0 Å². The Morgan fingerprint density at radius 2 is 2.00 bits per heavy atom. The average molecular weight is 353 g/mol. The van der Waals surface area contributed by atoms with E-state index < -0.39 is 11.8 Å². The molecule has 0 spiro atoms. The lowest BCUT2D eigenvalue weighted by Crippen LogP contribution is -2.09. The molecule has 0 bridgehead atoms. The molecule has 0 aliphatic carbocycles. The number of nitrogen functional groups attached to an aromatic ring is 1. The molecule has 0 saturated carbocycles. The van der Waals surface area contributed by atoms with Crippen molar-refractivity contribution in [2.75, 3.05) is 17.7 Å². The number of carbonyl (C=O) groups excluding carboxylic acids is 1. The first-order chi connectivity index (χ1) is 10.0. The minimum absolute atomic E-state index is 0.250. The van der Waals surface area contributed by atoms with E-state index in [0.29, 0.717) is 15.8 Å². The van der Waals surface area contributed by atoms with Crippen molar-refractivity contribution < 1.29 is 13.9 Å². The van der Waals surface area contributed by atoms with Crippen LogP contribution in [0.2, 0.25) is 0 Å². The summed E-state index contributed by atoms with van der Waals surface area (Å²) in [5, 5.41) is 2.88. The van der Waals surface area contributed by atoms with E-state index in [1.54, 1.807) is 31.2 Å². The number of halogens is 2. The molecule has 21 heavy (non-hydrogen) atoms. The molecule has 0 aliphatic rings. The Balaban J connectivity index is 2.37. The first-order valence-electron chi connectivity index (χ1n) is 6.30. The van der Waals surface area contributed by atoms with Gasteiger partial charge >= 0.3 is 5.97 Å². The van der Waals surface area contributed by atoms with Crippen LogP contribution < -0.4 is 11.1 Å². The second-order valence-electron chi connectivity index (χ2n) is 4.27. The quantitative estimate of drug-likeness (QED) is 0.642. The van der Waals surface area contributed by atoms with Crippen LogP contribution in [0.1, 0.15) is 17.3 Å². The maximum absolute atomic E-state index is 13.9. The summed E-state index contributed by atoms with van der Waals surface area (Å²) < 4.78 is 19.5. The molecule has 0 radical (unpaired) electrons. The van der Waals surface area contributed by atoms with Gasteiger partial charge in [0.05, 0.1) is 23.5 Å². The Morgan fingerprint density at radius 1 is 1.29 bits per heavy atom. The largest absolute Gasteiger partial charge is 0.462 e. The van der Waals surface area contributed by atoms with Gasteiger partial charge in [0.25, 0.3) is 0 Å². The lowest BCUT2D eigenvalue weighted by atomic mass is 10.1. The third kappa shape index (κ3) is 3.72. The number of anilines is 3. The lowest BCUT2D eigenvalue weighted by molar-refractivity contribution is 0.0527. The third-order valence-electron chi connectivity index (χ3n) is 2.74. The van der Waals surface area contributed by atoms with Crippen LogP contribution in [0.4, 0.5) is 21.5 Å². The van der Waals surface area contributed by atoms with Gasteiger partial charge in [-0.1, -0.05) is 15.9 Å². The Hall–Kier alpha value is -2.08. The van der Waals surface area contributed by atoms with E-state index in [9.17, 15) is 9.18 Å². The molecule has 3 N–H and O–H groups in total. The summed E-state index contributed by atoms with van der Waals surface area (Å²) in [6.45, 7) is 1.96. The molecule has 0 saturated heterocycles. The fourth-order valence-electron chi connectivity index (χ4n) is 1.78. The summed E-state index contributed by atoms with van der Waals surface area (Å²) in [7, 11) is 0. The number of hydrogen-bond donors (Lipinski definition) is 2. The highest BCUT2D eigenvalue weighted by atomic mass is 79.9. The van der Waals surface area contributed by atoms with E-state index in [4.69, 9.17) is 10.5 Å². The molecule has 2 aromatic rings. The summed E-state index contributed by atoms with van der Waals surface area (Å²) in [5.74, 6) is -0.944. The van der Waals surface area contributed by atoms with E-state index in [2.05, 4.69) is 21.2 Å². The summed E-state index contributed by atoms with van der Waals surface area (Å²) in [4.78, 5) is 11.9. The minimum atomic E-state index is -0.509. The first-order valence-corrected chi connectivity index (χ1v) is 7.09. The van der Waals surface area contributed by atoms with Gasteiger partial charge in [-0.15, -0.1) is 0 Å². The normalized spacial score (nSPS) is 10.2. The van der Waals surface area contributed by atoms with Gasteiger partial charge in [-0.25, -0.2) is 9.18 Å². The first kappa shape index (κ1) is 15.3. The van der Waals surface area contributed by atoms with Gasteiger partial charge in [-0.2, -0.15) is 0 Å².